The minimum atomic E-state index is 0.332. The number of fused-ring (bicyclic) bond motifs is 1. The first-order chi connectivity index (χ1) is 9.88. The average Bonchev–Trinajstić information content (AvgIpc) is 2.97. The first kappa shape index (κ1) is 13.2. The fraction of sp³-hybridized carbons (Fsp3) is 0.667. The highest BCUT2D eigenvalue weighted by atomic mass is 16.5. The van der Waals surface area contributed by atoms with Crippen molar-refractivity contribution in [2.45, 2.75) is 25.4 Å². The summed E-state index contributed by atoms with van der Waals surface area (Å²) in [4.78, 5) is 6.44. The van der Waals surface area contributed by atoms with E-state index < -0.39 is 0 Å². The lowest BCUT2D eigenvalue weighted by atomic mass is 10.1. The summed E-state index contributed by atoms with van der Waals surface area (Å²) in [5, 5.41) is 11.6. The van der Waals surface area contributed by atoms with Crippen LogP contribution in [0.15, 0.2) is 12.4 Å². The third kappa shape index (κ3) is 2.70. The lowest BCUT2D eigenvalue weighted by Crippen LogP contribution is -2.38. The van der Waals surface area contributed by atoms with E-state index >= 15 is 0 Å². The van der Waals surface area contributed by atoms with Gasteiger partial charge >= 0.3 is 0 Å². The molecule has 0 saturated carbocycles. The smallest absolute Gasteiger partial charge is 0.199 e. The Balaban J connectivity index is 1.62. The van der Waals surface area contributed by atoms with E-state index in [-0.39, 0.29) is 0 Å². The third-order valence-electron chi connectivity index (χ3n) is 3.56. The summed E-state index contributed by atoms with van der Waals surface area (Å²) >= 11 is 0. The zero-order valence-electron chi connectivity index (χ0n) is 11.4. The van der Waals surface area contributed by atoms with Crippen LogP contribution in [0.5, 0.6) is 0 Å². The van der Waals surface area contributed by atoms with Crippen LogP contribution in [-0.4, -0.2) is 57.4 Å². The Morgan fingerprint density at radius 1 is 1.30 bits per heavy atom. The number of piperidine rings is 1. The molecule has 0 bridgehead atoms. The second-order valence-electron chi connectivity index (χ2n) is 4.91. The summed E-state index contributed by atoms with van der Waals surface area (Å²) in [5.74, 6) is 0.938. The van der Waals surface area contributed by atoms with Gasteiger partial charge in [-0.25, -0.2) is 0 Å². The minimum absolute atomic E-state index is 0.332. The highest BCUT2D eigenvalue weighted by Crippen LogP contribution is 2.20. The summed E-state index contributed by atoms with van der Waals surface area (Å²) in [7, 11) is 0. The molecule has 1 aliphatic heterocycles. The lowest BCUT2D eigenvalue weighted by molar-refractivity contribution is 0.0365. The van der Waals surface area contributed by atoms with Crippen LogP contribution in [0.2, 0.25) is 0 Å². The largest absolute Gasteiger partial charge is 0.378 e. The fourth-order valence-electron chi connectivity index (χ4n) is 2.46. The first-order valence-corrected chi connectivity index (χ1v) is 6.97. The van der Waals surface area contributed by atoms with Crippen LogP contribution in [0, 0.1) is 0 Å². The van der Waals surface area contributed by atoms with E-state index in [2.05, 4.69) is 25.4 Å². The molecule has 3 heterocycles. The standard InChI is InChI=1S/C12H19N7O/c13-4-1-7-20-10-2-5-18(6-3-10)12-9-14-8-11-15-16-17-19(11)12/h8-10H,1-7,13H2. The van der Waals surface area contributed by atoms with Gasteiger partial charge in [-0.3, -0.25) is 4.98 Å². The van der Waals surface area contributed by atoms with E-state index in [4.69, 9.17) is 10.5 Å². The van der Waals surface area contributed by atoms with Crippen molar-refractivity contribution < 1.29 is 4.74 Å². The van der Waals surface area contributed by atoms with Crippen LogP contribution in [0.4, 0.5) is 5.82 Å². The van der Waals surface area contributed by atoms with Gasteiger partial charge in [0, 0.05) is 19.7 Å². The van der Waals surface area contributed by atoms with Crippen LogP contribution in [0.25, 0.3) is 5.65 Å². The molecule has 8 heteroatoms. The second kappa shape index (κ2) is 6.10. The second-order valence-corrected chi connectivity index (χ2v) is 4.91. The number of hydrogen-bond acceptors (Lipinski definition) is 7. The normalized spacial score (nSPS) is 16.9. The lowest BCUT2D eigenvalue weighted by Gasteiger charge is -2.32. The maximum absolute atomic E-state index is 5.81. The summed E-state index contributed by atoms with van der Waals surface area (Å²) < 4.78 is 7.54. The van der Waals surface area contributed by atoms with Gasteiger partial charge in [0.15, 0.2) is 11.5 Å². The molecule has 2 aromatic rings. The molecule has 1 aliphatic rings. The number of rotatable bonds is 5. The van der Waals surface area contributed by atoms with Gasteiger partial charge in [-0.05, 0) is 36.2 Å². The Hall–Kier alpha value is -1.80. The zero-order chi connectivity index (χ0) is 13.8. The van der Waals surface area contributed by atoms with E-state index in [0.29, 0.717) is 18.3 Å². The molecule has 20 heavy (non-hydrogen) atoms. The summed E-state index contributed by atoms with van der Waals surface area (Å²) in [6.07, 6.45) is 6.73. The van der Waals surface area contributed by atoms with Crippen molar-refractivity contribution >= 4 is 11.5 Å². The molecule has 1 fully saturated rings. The maximum Gasteiger partial charge on any atom is 0.199 e. The van der Waals surface area contributed by atoms with Gasteiger partial charge in [0.1, 0.15) is 0 Å². The van der Waals surface area contributed by atoms with Crippen molar-refractivity contribution in [1.82, 2.24) is 25.0 Å². The van der Waals surface area contributed by atoms with E-state index in [9.17, 15) is 0 Å². The van der Waals surface area contributed by atoms with Gasteiger partial charge in [-0.2, -0.15) is 4.52 Å². The third-order valence-corrected chi connectivity index (χ3v) is 3.56. The average molecular weight is 277 g/mol. The SMILES string of the molecule is NCCCOC1CCN(c2cncc3nnnn23)CC1. The van der Waals surface area contributed by atoms with Crippen molar-refractivity contribution in [2.75, 3.05) is 31.1 Å². The van der Waals surface area contributed by atoms with E-state index in [1.54, 1.807) is 16.9 Å². The van der Waals surface area contributed by atoms with Crippen molar-refractivity contribution in [2.24, 2.45) is 5.73 Å². The topological polar surface area (TPSA) is 94.5 Å². The fourth-order valence-corrected chi connectivity index (χ4v) is 2.46. The molecule has 0 radical (unpaired) electrons. The Kier molecular flexibility index (Phi) is 4.03. The number of ether oxygens (including phenoxy) is 1. The van der Waals surface area contributed by atoms with Crippen molar-refractivity contribution in [1.29, 1.82) is 0 Å². The molecule has 3 rings (SSSR count). The number of tetrazole rings is 1. The van der Waals surface area contributed by atoms with Gasteiger partial charge < -0.3 is 15.4 Å². The Bertz CT molecular complexity index is 549. The molecule has 0 unspecified atom stereocenters. The summed E-state index contributed by atoms with van der Waals surface area (Å²) in [6.45, 7) is 3.29. The van der Waals surface area contributed by atoms with Crippen LogP contribution in [0.1, 0.15) is 19.3 Å². The molecule has 0 aliphatic carbocycles. The quantitative estimate of drug-likeness (QED) is 0.760. The Morgan fingerprint density at radius 2 is 2.15 bits per heavy atom. The highest BCUT2D eigenvalue weighted by Gasteiger charge is 2.22. The molecular formula is C12H19N7O. The number of nitrogens with two attached hydrogens (primary N) is 1. The molecule has 0 spiro atoms. The van der Waals surface area contributed by atoms with Crippen LogP contribution in [-0.2, 0) is 4.74 Å². The van der Waals surface area contributed by atoms with E-state index in [0.717, 1.165) is 44.8 Å². The first-order valence-electron chi connectivity index (χ1n) is 6.97. The molecule has 2 N–H and O–H groups in total. The Morgan fingerprint density at radius 3 is 2.95 bits per heavy atom. The molecular weight excluding hydrogens is 258 g/mol. The predicted octanol–water partition coefficient (Wildman–Crippen LogP) is -0.147. The van der Waals surface area contributed by atoms with Gasteiger partial charge in [0.2, 0.25) is 0 Å². The van der Waals surface area contributed by atoms with E-state index in [1.165, 1.54) is 0 Å². The maximum atomic E-state index is 5.81. The summed E-state index contributed by atoms with van der Waals surface area (Å²) in [6, 6.07) is 0. The van der Waals surface area contributed by atoms with Gasteiger partial charge in [-0.15, -0.1) is 5.10 Å². The monoisotopic (exact) mass is 277 g/mol. The van der Waals surface area contributed by atoms with Gasteiger partial charge in [0.25, 0.3) is 0 Å². The van der Waals surface area contributed by atoms with Crippen LogP contribution < -0.4 is 10.6 Å². The Labute approximate surface area is 116 Å². The molecule has 8 nitrogen and oxygen atoms in total. The number of nitrogens with zero attached hydrogens (tertiary/aromatic N) is 6. The number of anilines is 1. The molecule has 0 atom stereocenters. The van der Waals surface area contributed by atoms with Crippen molar-refractivity contribution in [3.05, 3.63) is 12.4 Å². The highest BCUT2D eigenvalue weighted by molar-refractivity contribution is 5.46. The molecule has 108 valence electrons. The molecule has 0 aromatic carbocycles. The number of hydrogen-bond donors (Lipinski definition) is 1. The van der Waals surface area contributed by atoms with Gasteiger partial charge in [-0.1, -0.05) is 0 Å². The predicted molar refractivity (Wildman–Crippen MR) is 73.4 cm³/mol. The van der Waals surface area contributed by atoms with Crippen molar-refractivity contribution in [3.63, 3.8) is 0 Å². The number of aromatic nitrogens is 5. The molecule has 1 saturated heterocycles. The van der Waals surface area contributed by atoms with E-state index in [1.807, 2.05) is 0 Å². The van der Waals surface area contributed by atoms with Crippen molar-refractivity contribution in [3.8, 4) is 0 Å². The van der Waals surface area contributed by atoms with Crippen LogP contribution in [0.3, 0.4) is 0 Å². The van der Waals surface area contributed by atoms with Crippen LogP contribution >= 0.6 is 0 Å². The molecule has 2 aromatic heterocycles. The van der Waals surface area contributed by atoms with Gasteiger partial charge in [0.05, 0.1) is 18.5 Å². The zero-order valence-corrected chi connectivity index (χ0v) is 11.4. The minimum Gasteiger partial charge on any atom is -0.378 e. The summed E-state index contributed by atoms with van der Waals surface area (Å²) in [5.41, 5.74) is 6.14. The molecule has 0 amide bonds.